The first-order chi connectivity index (χ1) is 10.1. The third-order valence-corrected chi connectivity index (χ3v) is 3.85. The van der Waals surface area contributed by atoms with Crippen LogP contribution in [0.15, 0.2) is 24.3 Å². The number of methoxy groups -OCH3 is 1. The van der Waals surface area contributed by atoms with E-state index in [0.29, 0.717) is 10.7 Å². The molecule has 2 unspecified atom stereocenters. The maximum absolute atomic E-state index is 11.9. The molecule has 0 aliphatic heterocycles. The van der Waals surface area contributed by atoms with E-state index in [4.69, 9.17) is 27.4 Å². The molecule has 2 atom stereocenters. The van der Waals surface area contributed by atoms with Crippen molar-refractivity contribution in [2.45, 2.75) is 31.4 Å². The molecule has 0 aromatic heterocycles. The summed E-state index contributed by atoms with van der Waals surface area (Å²) in [6.07, 6.45) is 3.12. The third kappa shape index (κ3) is 4.41. The number of ether oxygens (including phenoxy) is 2. The molecule has 1 fully saturated rings. The number of carbonyl (C=O) groups excluding carboxylic acids is 1. The maximum Gasteiger partial charge on any atom is 0.258 e. The number of nitrogens with one attached hydrogen (secondary N) is 1. The highest BCUT2D eigenvalue weighted by molar-refractivity contribution is 7.80. The zero-order valence-corrected chi connectivity index (χ0v) is 12.8. The smallest absolute Gasteiger partial charge is 0.258 e. The van der Waals surface area contributed by atoms with E-state index in [-0.39, 0.29) is 24.7 Å². The molecule has 1 saturated carbocycles. The lowest BCUT2D eigenvalue weighted by atomic mass is 10.2. The number of amides is 1. The van der Waals surface area contributed by atoms with Gasteiger partial charge in [-0.1, -0.05) is 12.2 Å². The van der Waals surface area contributed by atoms with Crippen molar-refractivity contribution in [3.05, 3.63) is 29.8 Å². The molecule has 0 spiro atoms. The number of carbonyl (C=O) groups is 1. The second-order valence-electron chi connectivity index (χ2n) is 5.06. The molecule has 0 saturated heterocycles. The van der Waals surface area contributed by atoms with Gasteiger partial charge in [-0.15, -0.1) is 0 Å². The van der Waals surface area contributed by atoms with Crippen LogP contribution in [0, 0.1) is 0 Å². The van der Waals surface area contributed by atoms with Crippen molar-refractivity contribution >= 4 is 23.1 Å². The van der Waals surface area contributed by atoms with Gasteiger partial charge >= 0.3 is 0 Å². The summed E-state index contributed by atoms with van der Waals surface area (Å²) < 4.78 is 10.8. The second-order valence-corrected chi connectivity index (χ2v) is 5.50. The van der Waals surface area contributed by atoms with Gasteiger partial charge in [0.15, 0.2) is 6.61 Å². The average molecular weight is 308 g/mol. The van der Waals surface area contributed by atoms with Crippen LogP contribution >= 0.6 is 12.2 Å². The largest absolute Gasteiger partial charge is 0.484 e. The standard InChI is InChI=1S/C15H20N2O3S/c1-19-13-4-2-3-12(13)17-14(18)9-20-11-7-5-10(6-8-11)15(16)21/h5-8,12-13H,2-4,9H2,1H3,(H2,16,21)(H,17,18). The molecule has 1 aliphatic carbocycles. The quantitative estimate of drug-likeness (QED) is 0.777. The molecule has 1 aromatic rings. The van der Waals surface area contributed by atoms with Crippen molar-refractivity contribution in [3.63, 3.8) is 0 Å². The molecule has 2 rings (SSSR count). The van der Waals surface area contributed by atoms with Crippen LogP contribution in [0.2, 0.25) is 0 Å². The van der Waals surface area contributed by atoms with Crippen LogP contribution in [0.5, 0.6) is 5.75 Å². The van der Waals surface area contributed by atoms with Gasteiger partial charge in [0.1, 0.15) is 10.7 Å². The van der Waals surface area contributed by atoms with Crippen molar-refractivity contribution in [2.75, 3.05) is 13.7 Å². The molecule has 1 aromatic carbocycles. The SMILES string of the molecule is COC1CCCC1NC(=O)COc1ccc(C(N)=S)cc1. The fourth-order valence-corrected chi connectivity index (χ4v) is 2.62. The summed E-state index contributed by atoms with van der Waals surface area (Å²) in [5, 5.41) is 2.95. The zero-order valence-electron chi connectivity index (χ0n) is 12.0. The van der Waals surface area contributed by atoms with E-state index in [9.17, 15) is 4.79 Å². The van der Waals surface area contributed by atoms with Gasteiger partial charge in [0.05, 0.1) is 12.1 Å². The van der Waals surface area contributed by atoms with Gasteiger partial charge in [-0.3, -0.25) is 4.79 Å². The van der Waals surface area contributed by atoms with E-state index < -0.39 is 0 Å². The summed E-state index contributed by atoms with van der Waals surface area (Å²) in [5.41, 5.74) is 6.29. The van der Waals surface area contributed by atoms with Crippen molar-refractivity contribution in [3.8, 4) is 5.75 Å². The summed E-state index contributed by atoms with van der Waals surface area (Å²) in [5.74, 6) is 0.474. The van der Waals surface area contributed by atoms with Gasteiger partial charge < -0.3 is 20.5 Å². The highest BCUT2D eigenvalue weighted by Gasteiger charge is 2.28. The minimum atomic E-state index is -0.137. The Balaban J connectivity index is 1.79. The minimum Gasteiger partial charge on any atom is -0.484 e. The first-order valence-electron chi connectivity index (χ1n) is 6.95. The van der Waals surface area contributed by atoms with Crippen LogP contribution in [0.25, 0.3) is 0 Å². The first kappa shape index (κ1) is 15.7. The molecular weight excluding hydrogens is 288 g/mol. The van der Waals surface area contributed by atoms with E-state index in [1.807, 2.05) is 0 Å². The van der Waals surface area contributed by atoms with Gasteiger partial charge in [-0.05, 0) is 43.5 Å². The molecule has 114 valence electrons. The molecule has 1 aliphatic rings. The van der Waals surface area contributed by atoms with Gasteiger partial charge in [0.2, 0.25) is 0 Å². The van der Waals surface area contributed by atoms with E-state index in [0.717, 1.165) is 24.8 Å². The fourth-order valence-electron chi connectivity index (χ4n) is 2.49. The summed E-state index contributed by atoms with van der Waals surface area (Å²) >= 11 is 4.88. The summed E-state index contributed by atoms with van der Waals surface area (Å²) in [7, 11) is 1.68. The molecule has 0 heterocycles. The van der Waals surface area contributed by atoms with E-state index in [2.05, 4.69) is 5.32 Å². The normalized spacial score (nSPS) is 21.0. The molecule has 21 heavy (non-hydrogen) atoms. The Morgan fingerprint density at radius 2 is 2.10 bits per heavy atom. The van der Waals surface area contributed by atoms with E-state index in [1.165, 1.54) is 0 Å². The maximum atomic E-state index is 11.9. The summed E-state index contributed by atoms with van der Waals surface area (Å²) in [4.78, 5) is 12.2. The Hall–Kier alpha value is -1.66. The van der Waals surface area contributed by atoms with Crippen LogP contribution in [0.3, 0.4) is 0 Å². The Bertz CT molecular complexity index is 504. The van der Waals surface area contributed by atoms with Crippen molar-refractivity contribution < 1.29 is 14.3 Å². The second kappa shape index (κ2) is 7.38. The lowest BCUT2D eigenvalue weighted by Gasteiger charge is -2.19. The molecule has 0 bridgehead atoms. The molecule has 5 nitrogen and oxygen atoms in total. The minimum absolute atomic E-state index is 0.0145. The van der Waals surface area contributed by atoms with Gasteiger partial charge in [-0.2, -0.15) is 0 Å². The van der Waals surface area contributed by atoms with E-state index >= 15 is 0 Å². The highest BCUT2D eigenvalue weighted by atomic mass is 32.1. The zero-order chi connectivity index (χ0) is 15.2. The number of nitrogens with two attached hydrogens (primary N) is 1. The Morgan fingerprint density at radius 3 is 2.71 bits per heavy atom. The van der Waals surface area contributed by atoms with Crippen LogP contribution < -0.4 is 15.8 Å². The topological polar surface area (TPSA) is 73.6 Å². The van der Waals surface area contributed by atoms with Crippen LogP contribution in [-0.4, -0.2) is 36.8 Å². The predicted molar refractivity (Wildman–Crippen MR) is 84.4 cm³/mol. The Labute approximate surface area is 129 Å². The van der Waals surface area contributed by atoms with Crippen LogP contribution in [-0.2, 0) is 9.53 Å². The van der Waals surface area contributed by atoms with E-state index in [1.54, 1.807) is 31.4 Å². The van der Waals surface area contributed by atoms with Crippen molar-refractivity contribution in [1.29, 1.82) is 0 Å². The average Bonchev–Trinajstić information content (AvgIpc) is 2.92. The van der Waals surface area contributed by atoms with Crippen LogP contribution in [0.1, 0.15) is 24.8 Å². The number of hydrogen-bond acceptors (Lipinski definition) is 4. The third-order valence-electron chi connectivity index (χ3n) is 3.61. The van der Waals surface area contributed by atoms with Crippen LogP contribution in [0.4, 0.5) is 0 Å². The van der Waals surface area contributed by atoms with Crippen molar-refractivity contribution in [2.24, 2.45) is 5.73 Å². The predicted octanol–water partition coefficient (Wildman–Crippen LogP) is 1.38. The molecule has 1 amide bonds. The molecular formula is C15H20N2O3S. The first-order valence-corrected chi connectivity index (χ1v) is 7.36. The summed E-state index contributed by atoms with van der Waals surface area (Å²) in [6.45, 7) is -0.0145. The lowest BCUT2D eigenvalue weighted by Crippen LogP contribution is -2.42. The number of rotatable bonds is 6. The number of thiocarbonyl (C=S) groups is 1. The summed E-state index contributed by atoms with van der Waals surface area (Å²) in [6, 6.07) is 7.12. The van der Waals surface area contributed by atoms with Gasteiger partial charge in [-0.25, -0.2) is 0 Å². The lowest BCUT2D eigenvalue weighted by molar-refractivity contribution is -0.124. The molecule has 0 radical (unpaired) electrons. The van der Waals surface area contributed by atoms with Crippen molar-refractivity contribution in [1.82, 2.24) is 5.32 Å². The number of benzene rings is 1. The highest BCUT2D eigenvalue weighted by Crippen LogP contribution is 2.21. The fraction of sp³-hybridized carbons (Fsp3) is 0.467. The monoisotopic (exact) mass is 308 g/mol. The molecule has 6 heteroatoms. The van der Waals surface area contributed by atoms with Gasteiger partial charge in [0, 0.05) is 12.7 Å². The Kier molecular flexibility index (Phi) is 5.52. The number of hydrogen-bond donors (Lipinski definition) is 2. The molecule has 3 N–H and O–H groups in total. The van der Waals surface area contributed by atoms with Gasteiger partial charge in [0.25, 0.3) is 5.91 Å². The Morgan fingerprint density at radius 1 is 1.38 bits per heavy atom.